The van der Waals surface area contributed by atoms with Crippen LogP contribution in [0.2, 0.25) is 0 Å². The van der Waals surface area contributed by atoms with E-state index in [2.05, 4.69) is 15.3 Å². The number of fused-ring (bicyclic) bond motifs is 1. The van der Waals surface area contributed by atoms with Crippen molar-refractivity contribution in [1.82, 2.24) is 24.3 Å². The van der Waals surface area contributed by atoms with Gasteiger partial charge in [0, 0.05) is 12.7 Å². The number of hydrogen-bond acceptors (Lipinski definition) is 6. The Labute approximate surface area is 155 Å². The lowest BCUT2D eigenvalue weighted by Crippen LogP contribution is -2.38. The summed E-state index contributed by atoms with van der Waals surface area (Å²) < 4.78 is 47.7. The van der Waals surface area contributed by atoms with Crippen LogP contribution in [0.25, 0.3) is 0 Å². The van der Waals surface area contributed by atoms with Crippen molar-refractivity contribution < 1.29 is 17.5 Å². The smallest absolute Gasteiger partial charge is 0.243 e. The molecule has 8 nitrogen and oxygen atoms in total. The van der Waals surface area contributed by atoms with E-state index in [0.717, 1.165) is 6.07 Å². The molecule has 10 heteroatoms. The maximum atomic E-state index is 13.5. The van der Waals surface area contributed by atoms with Gasteiger partial charge in [0.2, 0.25) is 10.0 Å². The van der Waals surface area contributed by atoms with Gasteiger partial charge in [-0.1, -0.05) is 11.3 Å². The maximum Gasteiger partial charge on any atom is 0.243 e. The first-order valence-corrected chi connectivity index (χ1v) is 9.68. The molecule has 0 aliphatic carbocycles. The average Bonchev–Trinajstić information content (AvgIpc) is 3.09. The third-order valence-electron chi connectivity index (χ3n) is 4.25. The normalized spacial score (nSPS) is 14.7. The summed E-state index contributed by atoms with van der Waals surface area (Å²) in [5, 5.41) is 8.16. The van der Waals surface area contributed by atoms with Gasteiger partial charge < -0.3 is 4.74 Å². The Balaban J connectivity index is 1.55. The molecule has 1 aliphatic heterocycles. The first kappa shape index (κ1) is 17.6. The van der Waals surface area contributed by atoms with Gasteiger partial charge >= 0.3 is 0 Å². The van der Waals surface area contributed by atoms with E-state index in [0.29, 0.717) is 23.7 Å². The minimum Gasteiger partial charge on any atom is -0.486 e. The SMILES string of the molecule is O=S(=O)(c1cccc(F)c1)N1CCn2nnc(COc3cccnc3)c2C1. The van der Waals surface area contributed by atoms with Gasteiger partial charge in [-0.2, -0.15) is 4.31 Å². The number of hydrogen-bond donors (Lipinski definition) is 0. The standard InChI is InChI=1S/C17H16FN5O3S/c18-13-3-1-5-15(9-13)27(24,25)22-7-8-23-17(11-22)16(20-21-23)12-26-14-4-2-6-19-10-14/h1-6,9-10H,7-8,11-12H2. The van der Waals surface area contributed by atoms with Crippen LogP contribution in [0.3, 0.4) is 0 Å². The number of ether oxygens (including phenoxy) is 1. The summed E-state index contributed by atoms with van der Waals surface area (Å²) in [6.45, 7) is 0.842. The Hall–Kier alpha value is -2.85. The second-order valence-electron chi connectivity index (χ2n) is 5.98. The zero-order valence-electron chi connectivity index (χ0n) is 14.2. The van der Waals surface area contributed by atoms with Crippen LogP contribution in [0.15, 0.2) is 53.7 Å². The monoisotopic (exact) mass is 389 g/mol. The van der Waals surface area contributed by atoms with Crippen molar-refractivity contribution in [2.24, 2.45) is 0 Å². The Morgan fingerprint density at radius 1 is 1.19 bits per heavy atom. The summed E-state index contributed by atoms with van der Waals surface area (Å²) in [5.74, 6) is -0.00958. The summed E-state index contributed by atoms with van der Waals surface area (Å²) in [6.07, 6.45) is 3.22. The highest BCUT2D eigenvalue weighted by molar-refractivity contribution is 7.89. The van der Waals surface area contributed by atoms with Gasteiger partial charge in [-0.05, 0) is 30.3 Å². The molecule has 4 rings (SSSR count). The van der Waals surface area contributed by atoms with E-state index in [1.807, 2.05) is 0 Å². The van der Waals surface area contributed by atoms with Crippen molar-refractivity contribution >= 4 is 10.0 Å². The Morgan fingerprint density at radius 2 is 2.07 bits per heavy atom. The molecule has 0 N–H and O–H groups in total. The third-order valence-corrected chi connectivity index (χ3v) is 6.09. The number of aromatic nitrogens is 4. The first-order valence-electron chi connectivity index (χ1n) is 8.24. The van der Waals surface area contributed by atoms with Crippen LogP contribution in [0.4, 0.5) is 4.39 Å². The van der Waals surface area contributed by atoms with Gasteiger partial charge in [0.25, 0.3) is 0 Å². The third kappa shape index (κ3) is 3.53. The van der Waals surface area contributed by atoms with Gasteiger partial charge in [-0.25, -0.2) is 17.5 Å². The molecule has 1 aromatic carbocycles. The van der Waals surface area contributed by atoms with Crippen molar-refractivity contribution in [3.8, 4) is 5.75 Å². The van der Waals surface area contributed by atoms with Gasteiger partial charge in [-0.3, -0.25) is 4.98 Å². The molecule has 0 fully saturated rings. The number of benzene rings is 1. The van der Waals surface area contributed by atoms with Crippen LogP contribution in [0.1, 0.15) is 11.4 Å². The highest BCUT2D eigenvalue weighted by Crippen LogP contribution is 2.23. The molecule has 0 bridgehead atoms. The summed E-state index contributed by atoms with van der Waals surface area (Å²) in [6, 6.07) is 8.52. The molecule has 0 amide bonds. The minimum absolute atomic E-state index is 0.0726. The lowest BCUT2D eigenvalue weighted by molar-refractivity contribution is 0.290. The van der Waals surface area contributed by atoms with Gasteiger partial charge in [-0.15, -0.1) is 5.10 Å². The van der Waals surface area contributed by atoms with Crippen LogP contribution >= 0.6 is 0 Å². The summed E-state index contributed by atoms with van der Waals surface area (Å²) >= 11 is 0. The quantitative estimate of drug-likeness (QED) is 0.658. The van der Waals surface area contributed by atoms with Gasteiger partial charge in [0.1, 0.15) is 23.9 Å². The second kappa shape index (κ2) is 7.05. The highest BCUT2D eigenvalue weighted by Gasteiger charge is 2.31. The molecule has 0 radical (unpaired) electrons. The number of halogens is 1. The summed E-state index contributed by atoms with van der Waals surface area (Å²) in [7, 11) is -3.82. The number of nitrogens with zero attached hydrogens (tertiary/aromatic N) is 5. The zero-order chi connectivity index (χ0) is 18.9. The van der Waals surface area contributed by atoms with E-state index in [9.17, 15) is 12.8 Å². The Kier molecular flexibility index (Phi) is 4.58. The first-order chi connectivity index (χ1) is 13.0. The second-order valence-corrected chi connectivity index (χ2v) is 7.92. The van der Waals surface area contributed by atoms with Crippen molar-refractivity contribution in [3.05, 3.63) is 66.0 Å². The summed E-state index contributed by atoms with van der Waals surface area (Å²) in [5.41, 5.74) is 1.21. The fraction of sp³-hybridized carbons (Fsp3) is 0.235. The van der Waals surface area contributed by atoms with E-state index >= 15 is 0 Å². The van der Waals surface area contributed by atoms with Crippen molar-refractivity contribution in [2.45, 2.75) is 24.6 Å². The molecule has 3 heterocycles. The minimum atomic E-state index is -3.82. The molecule has 1 aliphatic rings. The molecule has 0 saturated carbocycles. The van der Waals surface area contributed by atoms with Crippen molar-refractivity contribution in [1.29, 1.82) is 0 Å². The molecular weight excluding hydrogens is 373 g/mol. The zero-order valence-corrected chi connectivity index (χ0v) is 15.0. The fourth-order valence-corrected chi connectivity index (χ4v) is 4.28. The van der Waals surface area contributed by atoms with Crippen LogP contribution in [-0.2, 0) is 29.7 Å². The average molecular weight is 389 g/mol. The summed E-state index contributed by atoms with van der Waals surface area (Å²) in [4.78, 5) is 3.90. The molecular formula is C17H16FN5O3S. The molecule has 0 spiro atoms. The van der Waals surface area contributed by atoms with Crippen molar-refractivity contribution in [2.75, 3.05) is 6.54 Å². The van der Waals surface area contributed by atoms with Gasteiger partial charge in [0.15, 0.2) is 0 Å². The Morgan fingerprint density at radius 3 is 2.85 bits per heavy atom. The molecule has 27 heavy (non-hydrogen) atoms. The number of sulfonamides is 1. The van der Waals surface area contributed by atoms with Crippen LogP contribution in [0, 0.1) is 5.82 Å². The molecule has 2 aromatic heterocycles. The predicted octanol–water partition coefficient (Wildman–Crippen LogP) is 1.60. The number of pyridine rings is 1. The van der Waals surface area contributed by atoms with E-state index in [1.165, 1.54) is 22.5 Å². The molecule has 140 valence electrons. The van der Waals surface area contributed by atoms with Crippen molar-refractivity contribution in [3.63, 3.8) is 0 Å². The van der Waals surface area contributed by atoms with E-state index < -0.39 is 15.8 Å². The number of rotatable bonds is 5. The van der Waals surface area contributed by atoms with Crippen LogP contribution in [-0.4, -0.2) is 39.2 Å². The molecule has 3 aromatic rings. The predicted molar refractivity (Wildman–Crippen MR) is 92.6 cm³/mol. The van der Waals surface area contributed by atoms with E-state index in [4.69, 9.17) is 4.74 Å². The van der Waals surface area contributed by atoms with Gasteiger partial charge in [0.05, 0.1) is 29.9 Å². The topological polar surface area (TPSA) is 90.2 Å². The Bertz CT molecular complexity index is 1060. The highest BCUT2D eigenvalue weighted by atomic mass is 32.2. The fourth-order valence-electron chi connectivity index (χ4n) is 2.85. The van der Waals surface area contributed by atoms with Crippen LogP contribution in [0.5, 0.6) is 5.75 Å². The molecule has 0 unspecified atom stereocenters. The molecule has 0 saturated heterocycles. The van der Waals surface area contributed by atoms with E-state index in [1.54, 1.807) is 29.2 Å². The maximum absolute atomic E-state index is 13.5. The lowest BCUT2D eigenvalue weighted by Gasteiger charge is -2.27. The van der Waals surface area contributed by atoms with Crippen LogP contribution < -0.4 is 4.74 Å². The van der Waals surface area contributed by atoms with E-state index in [-0.39, 0.29) is 24.6 Å². The molecule has 0 atom stereocenters. The lowest BCUT2D eigenvalue weighted by atomic mass is 10.3. The largest absolute Gasteiger partial charge is 0.486 e.